The molecule has 0 radical (unpaired) electrons. The average molecular weight is 370 g/mol. The summed E-state index contributed by atoms with van der Waals surface area (Å²) in [6.07, 6.45) is 2.08. The third kappa shape index (κ3) is 7.26. The van der Waals surface area contributed by atoms with E-state index in [1.807, 2.05) is 27.8 Å². The number of guanidine groups is 1. The van der Waals surface area contributed by atoms with Crippen LogP contribution in [0.5, 0.6) is 0 Å². The lowest BCUT2D eigenvalue weighted by Gasteiger charge is -2.22. The van der Waals surface area contributed by atoms with Crippen LogP contribution < -0.4 is 5.32 Å². The van der Waals surface area contributed by atoms with Crippen LogP contribution in [-0.4, -0.2) is 52.0 Å². The highest BCUT2D eigenvalue weighted by Gasteiger charge is 2.18. The van der Waals surface area contributed by atoms with Gasteiger partial charge in [-0.05, 0) is 51.6 Å². The van der Waals surface area contributed by atoms with Gasteiger partial charge in [0.2, 0.25) is 0 Å². The second-order valence-electron chi connectivity index (χ2n) is 6.60. The van der Waals surface area contributed by atoms with Gasteiger partial charge in [0.15, 0.2) is 5.96 Å². The van der Waals surface area contributed by atoms with Crippen molar-refractivity contribution in [3.05, 3.63) is 29.8 Å². The van der Waals surface area contributed by atoms with Crippen LogP contribution >= 0.6 is 11.8 Å². The Hall–Kier alpha value is -1.01. The van der Waals surface area contributed by atoms with Crippen molar-refractivity contribution in [3.8, 4) is 0 Å². The molecule has 24 heavy (non-hydrogen) atoms. The Morgan fingerprint density at radius 1 is 1.29 bits per heavy atom. The molecule has 136 valence electrons. The molecule has 1 aromatic rings. The van der Waals surface area contributed by atoms with Crippen molar-refractivity contribution in [1.82, 2.24) is 10.2 Å². The Kier molecular flexibility index (Phi) is 8.84. The minimum absolute atomic E-state index is 0.182. The molecule has 6 heteroatoms. The minimum Gasteiger partial charge on any atom is -0.357 e. The van der Waals surface area contributed by atoms with E-state index in [9.17, 15) is 4.21 Å². The van der Waals surface area contributed by atoms with E-state index in [-0.39, 0.29) is 4.75 Å². The SMILES string of the molecule is CCNC(=NCCS(=O)C(C)(C)C)N(C)Cc1ccc(SC)cc1. The number of rotatable bonds is 7. The molecule has 0 aliphatic carbocycles. The van der Waals surface area contributed by atoms with Gasteiger partial charge < -0.3 is 10.2 Å². The predicted octanol–water partition coefficient (Wildman–Crippen LogP) is 3.35. The first-order valence-corrected chi connectivity index (χ1v) is 10.8. The summed E-state index contributed by atoms with van der Waals surface area (Å²) in [4.78, 5) is 8.01. The Bertz CT molecular complexity index is 550. The van der Waals surface area contributed by atoms with Gasteiger partial charge in [0.05, 0.1) is 6.54 Å². The van der Waals surface area contributed by atoms with Crippen LogP contribution in [0.4, 0.5) is 0 Å². The zero-order chi connectivity index (χ0) is 18.2. The van der Waals surface area contributed by atoms with Crippen LogP contribution in [0.25, 0.3) is 0 Å². The van der Waals surface area contributed by atoms with Gasteiger partial charge in [-0.25, -0.2) is 0 Å². The molecule has 1 aromatic carbocycles. The summed E-state index contributed by atoms with van der Waals surface area (Å²) >= 11 is 1.75. The van der Waals surface area contributed by atoms with Gasteiger partial charge in [-0.3, -0.25) is 9.20 Å². The predicted molar refractivity (Wildman–Crippen MR) is 108 cm³/mol. The van der Waals surface area contributed by atoms with Crippen LogP contribution in [0, 0.1) is 0 Å². The molecule has 0 heterocycles. The molecule has 0 aliphatic heterocycles. The van der Waals surface area contributed by atoms with E-state index in [0.717, 1.165) is 19.0 Å². The lowest BCUT2D eigenvalue weighted by atomic mass is 10.2. The number of benzene rings is 1. The van der Waals surface area contributed by atoms with Gasteiger partial charge in [-0.2, -0.15) is 0 Å². The molecule has 1 N–H and O–H groups in total. The van der Waals surface area contributed by atoms with Gasteiger partial charge in [-0.1, -0.05) is 12.1 Å². The monoisotopic (exact) mass is 369 g/mol. The van der Waals surface area contributed by atoms with Gasteiger partial charge in [0, 0.05) is 46.3 Å². The Morgan fingerprint density at radius 2 is 1.92 bits per heavy atom. The molecule has 0 spiro atoms. The van der Waals surface area contributed by atoms with Crippen LogP contribution in [0.15, 0.2) is 34.2 Å². The Labute approximate surface area is 154 Å². The molecule has 1 rings (SSSR count). The summed E-state index contributed by atoms with van der Waals surface area (Å²) < 4.78 is 11.9. The fourth-order valence-corrected chi connectivity index (χ4v) is 3.37. The molecular formula is C18H31N3OS2. The number of hydrogen-bond donors (Lipinski definition) is 1. The molecule has 0 amide bonds. The summed E-state index contributed by atoms with van der Waals surface area (Å²) in [6.45, 7) is 10.2. The van der Waals surface area contributed by atoms with Crippen LogP contribution in [0.3, 0.4) is 0 Å². The molecule has 4 nitrogen and oxygen atoms in total. The van der Waals surface area contributed by atoms with E-state index in [2.05, 4.69) is 52.7 Å². The number of aliphatic imine (C=N–C) groups is 1. The van der Waals surface area contributed by atoms with E-state index in [1.54, 1.807) is 11.8 Å². The average Bonchev–Trinajstić information content (AvgIpc) is 2.53. The largest absolute Gasteiger partial charge is 0.357 e. The molecular weight excluding hydrogens is 338 g/mol. The topological polar surface area (TPSA) is 44.7 Å². The molecule has 0 aliphatic rings. The maximum absolute atomic E-state index is 12.1. The van der Waals surface area contributed by atoms with Crippen molar-refractivity contribution >= 4 is 28.5 Å². The number of nitrogens with zero attached hydrogens (tertiary/aromatic N) is 2. The molecule has 0 aromatic heterocycles. The number of hydrogen-bond acceptors (Lipinski definition) is 3. The van der Waals surface area contributed by atoms with Crippen molar-refractivity contribution in [2.24, 2.45) is 4.99 Å². The zero-order valence-electron chi connectivity index (χ0n) is 15.8. The lowest BCUT2D eigenvalue weighted by molar-refractivity contribution is 0.477. The molecule has 0 bridgehead atoms. The minimum atomic E-state index is -0.868. The van der Waals surface area contributed by atoms with Crippen molar-refractivity contribution in [2.75, 3.05) is 32.1 Å². The number of nitrogens with one attached hydrogen (secondary N) is 1. The van der Waals surface area contributed by atoms with Crippen molar-refractivity contribution < 1.29 is 4.21 Å². The third-order valence-corrected chi connectivity index (χ3v) is 6.16. The fraction of sp³-hybridized carbons (Fsp3) is 0.611. The normalized spacial score (nSPS) is 13.7. The summed E-state index contributed by atoms with van der Waals surface area (Å²) in [5.41, 5.74) is 1.25. The second kappa shape index (κ2) is 10.1. The van der Waals surface area contributed by atoms with Gasteiger partial charge in [0.25, 0.3) is 0 Å². The third-order valence-electron chi connectivity index (χ3n) is 3.50. The van der Waals surface area contributed by atoms with E-state index in [1.165, 1.54) is 10.5 Å². The first-order chi connectivity index (χ1) is 11.3. The van der Waals surface area contributed by atoms with Crippen molar-refractivity contribution in [1.29, 1.82) is 0 Å². The summed E-state index contributed by atoms with van der Waals surface area (Å²) in [6, 6.07) is 8.59. The molecule has 0 saturated carbocycles. The Balaban J connectivity index is 2.67. The fourth-order valence-electron chi connectivity index (χ4n) is 2.09. The maximum atomic E-state index is 12.1. The quantitative estimate of drug-likeness (QED) is 0.455. The van der Waals surface area contributed by atoms with Gasteiger partial charge >= 0.3 is 0 Å². The zero-order valence-corrected chi connectivity index (χ0v) is 17.4. The van der Waals surface area contributed by atoms with Crippen LogP contribution in [0.1, 0.15) is 33.3 Å². The lowest BCUT2D eigenvalue weighted by Crippen LogP contribution is -2.39. The van der Waals surface area contributed by atoms with Crippen LogP contribution in [0.2, 0.25) is 0 Å². The van der Waals surface area contributed by atoms with Crippen LogP contribution in [-0.2, 0) is 17.3 Å². The van der Waals surface area contributed by atoms with E-state index in [4.69, 9.17) is 0 Å². The van der Waals surface area contributed by atoms with Crippen molar-refractivity contribution in [3.63, 3.8) is 0 Å². The summed E-state index contributed by atoms with van der Waals surface area (Å²) in [5.74, 6) is 1.45. The highest BCUT2D eigenvalue weighted by Crippen LogP contribution is 2.15. The molecule has 1 atom stereocenters. The summed E-state index contributed by atoms with van der Waals surface area (Å²) in [5, 5.41) is 3.31. The smallest absolute Gasteiger partial charge is 0.193 e. The van der Waals surface area contributed by atoms with Crippen molar-refractivity contribution in [2.45, 2.75) is 43.9 Å². The maximum Gasteiger partial charge on any atom is 0.193 e. The standard InChI is InChI=1S/C18H31N3OS2/c1-7-19-17(20-12-13-24(22)18(2,3)4)21(5)14-15-8-10-16(23-6)11-9-15/h8-11H,7,12-14H2,1-6H3,(H,19,20). The molecule has 1 unspecified atom stereocenters. The highest BCUT2D eigenvalue weighted by molar-refractivity contribution is 7.98. The van der Waals surface area contributed by atoms with Gasteiger partial charge in [-0.15, -0.1) is 11.8 Å². The number of thioether (sulfide) groups is 1. The first kappa shape index (κ1) is 21.0. The molecule has 0 saturated heterocycles. The second-order valence-corrected chi connectivity index (χ2v) is 9.81. The van der Waals surface area contributed by atoms with E-state index in [0.29, 0.717) is 12.3 Å². The summed E-state index contributed by atoms with van der Waals surface area (Å²) in [7, 11) is 1.16. The molecule has 0 fully saturated rings. The Morgan fingerprint density at radius 3 is 2.42 bits per heavy atom. The van der Waals surface area contributed by atoms with E-state index >= 15 is 0 Å². The van der Waals surface area contributed by atoms with E-state index < -0.39 is 10.8 Å². The highest BCUT2D eigenvalue weighted by atomic mass is 32.2. The first-order valence-electron chi connectivity index (χ1n) is 8.28. The van der Waals surface area contributed by atoms with Gasteiger partial charge in [0.1, 0.15) is 0 Å².